The first kappa shape index (κ1) is 12.0. The highest BCUT2D eigenvalue weighted by molar-refractivity contribution is 5.82. The Labute approximate surface area is 91.3 Å². The van der Waals surface area contributed by atoms with Gasteiger partial charge >= 0.3 is 5.97 Å². The monoisotopic (exact) mass is 225 g/mol. The molecule has 0 unspecified atom stereocenters. The summed E-state index contributed by atoms with van der Waals surface area (Å²) in [5, 5.41) is 29.0. The Hall–Kier alpha value is -2.11. The number of phenols is 1. The number of rotatable bonds is 3. The number of benzene rings is 1. The molecule has 0 atom stereocenters. The van der Waals surface area contributed by atoms with Crippen molar-refractivity contribution in [3.63, 3.8) is 0 Å². The predicted octanol–water partition coefficient (Wildman–Crippen LogP) is 1.66. The highest BCUT2D eigenvalue weighted by atomic mass is 16.6. The third kappa shape index (κ3) is 1.95. The molecule has 0 saturated carbocycles. The Kier molecular flexibility index (Phi) is 2.84. The summed E-state index contributed by atoms with van der Waals surface area (Å²) in [6, 6.07) is 3.35. The molecule has 0 amide bonds. The van der Waals surface area contributed by atoms with Crippen LogP contribution in [0.4, 0.5) is 5.69 Å². The molecule has 0 aliphatic carbocycles. The molecule has 0 heterocycles. The molecular weight excluding hydrogens is 214 g/mol. The van der Waals surface area contributed by atoms with Gasteiger partial charge in [0.1, 0.15) is 5.75 Å². The largest absolute Gasteiger partial charge is 0.508 e. The lowest BCUT2D eigenvalue weighted by atomic mass is 9.83. The van der Waals surface area contributed by atoms with Crippen molar-refractivity contribution in [1.82, 2.24) is 0 Å². The number of nitrogens with zero attached hydrogens (tertiary/aromatic N) is 1. The lowest BCUT2D eigenvalue weighted by Crippen LogP contribution is -2.29. The number of hydrogen-bond donors (Lipinski definition) is 2. The van der Waals surface area contributed by atoms with E-state index in [1.807, 2.05) is 0 Å². The van der Waals surface area contributed by atoms with Crippen molar-refractivity contribution < 1.29 is 19.9 Å². The van der Waals surface area contributed by atoms with E-state index in [4.69, 9.17) is 5.11 Å². The normalized spacial score (nSPS) is 11.1. The van der Waals surface area contributed by atoms with Crippen molar-refractivity contribution >= 4 is 11.7 Å². The Bertz CT molecular complexity index is 453. The first-order chi connectivity index (χ1) is 7.26. The van der Waals surface area contributed by atoms with Crippen LogP contribution in [0.5, 0.6) is 5.75 Å². The van der Waals surface area contributed by atoms with Crippen molar-refractivity contribution in [2.75, 3.05) is 0 Å². The zero-order chi connectivity index (χ0) is 12.5. The Morgan fingerprint density at radius 1 is 1.44 bits per heavy atom. The van der Waals surface area contributed by atoms with E-state index >= 15 is 0 Å². The summed E-state index contributed by atoms with van der Waals surface area (Å²) >= 11 is 0. The number of hydrogen-bond acceptors (Lipinski definition) is 4. The lowest BCUT2D eigenvalue weighted by molar-refractivity contribution is -0.386. The van der Waals surface area contributed by atoms with Crippen LogP contribution in [-0.2, 0) is 10.2 Å². The number of nitro benzene ring substituents is 1. The summed E-state index contributed by atoms with van der Waals surface area (Å²) in [4.78, 5) is 21.1. The predicted molar refractivity (Wildman–Crippen MR) is 55.4 cm³/mol. The summed E-state index contributed by atoms with van der Waals surface area (Å²) in [5.41, 5.74) is -1.77. The van der Waals surface area contributed by atoms with Crippen LogP contribution in [0.15, 0.2) is 18.2 Å². The van der Waals surface area contributed by atoms with Gasteiger partial charge in [-0.2, -0.15) is 0 Å². The fourth-order valence-corrected chi connectivity index (χ4v) is 1.30. The van der Waals surface area contributed by atoms with Gasteiger partial charge in [0.2, 0.25) is 0 Å². The summed E-state index contributed by atoms with van der Waals surface area (Å²) in [7, 11) is 0. The molecule has 0 aliphatic rings. The number of aromatic hydroxyl groups is 1. The zero-order valence-electron chi connectivity index (χ0n) is 8.80. The number of nitro groups is 1. The first-order valence-electron chi connectivity index (χ1n) is 4.48. The van der Waals surface area contributed by atoms with E-state index < -0.39 is 16.3 Å². The van der Waals surface area contributed by atoms with E-state index in [-0.39, 0.29) is 17.0 Å². The smallest absolute Gasteiger partial charge is 0.313 e. The highest BCUT2D eigenvalue weighted by Crippen LogP contribution is 2.34. The lowest BCUT2D eigenvalue weighted by Gasteiger charge is -2.19. The van der Waals surface area contributed by atoms with E-state index in [0.29, 0.717) is 0 Å². The quantitative estimate of drug-likeness (QED) is 0.601. The fourth-order valence-electron chi connectivity index (χ4n) is 1.30. The molecule has 86 valence electrons. The molecule has 1 aromatic carbocycles. The standard InChI is InChI=1S/C10H11NO5/c1-10(2,9(13)14)7-5-6(12)3-4-8(7)11(15)16/h3-5,12H,1-2H3,(H,13,14). The van der Waals surface area contributed by atoms with Gasteiger partial charge in [-0.25, -0.2) is 0 Å². The summed E-state index contributed by atoms with van der Waals surface area (Å²) in [6.07, 6.45) is 0. The van der Waals surface area contributed by atoms with Gasteiger partial charge in [-0.15, -0.1) is 0 Å². The van der Waals surface area contributed by atoms with Crippen LogP contribution in [0, 0.1) is 10.1 Å². The Balaban J connectivity index is 3.47. The van der Waals surface area contributed by atoms with Crippen LogP contribution in [0.2, 0.25) is 0 Å². The van der Waals surface area contributed by atoms with Gasteiger partial charge in [-0.05, 0) is 26.0 Å². The van der Waals surface area contributed by atoms with Gasteiger partial charge in [0.25, 0.3) is 5.69 Å². The molecule has 0 aromatic heterocycles. The zero-order valence-corrected chi connectivity index (χ0v) is 8.80. The van der Waals surface area contributed by atoms with Crippen LogP contribution >= 0.6 is 0 Å². The number of aliphatic carboxylic acids is 1. The Morgan fingerprint density at radius 2 is 2.00 bits per heavy atom. The first-order valence-corrected chi connectivity index (χ1v) is 4.48. The second kappa shape index (κ2) is 3.80. The molecule has 1 rings (SSSR count). The minimum absolute atomic E-state index is 0.0231. The van der Waals surface area contributed by atoms with Gasteiger partial charge in [0.15, 0.2) is 0 Å². The molecule has 16 heavy (non-hydrogen) atoms. The van der Waals surface area contributed by atoms with Crippen LogP contribution in [0.1, 0.15) is 19.4 Å². The van der Waals surface area contributed by atoms with Crippen molar-refractivity contribution in [2.24, 2.45) is 0 Å². The second-order valence-electron chi connectivity index (χ2n) is 3.89. The Morgan fingerprint density at radius 3 is 2.44 bits per heavy atom. The molecular formula is C10H11NO5. The maximum Gasteiger partial charge on any atom is 0.313 e. The molecule has 0 spiro atoms. The minimum atomic E-state index is -1.43. The van der Waals surface area contributed by atoms with E-state index in [9.17, 15) is 20.0 Å². The van der Waals surface area contributed by atoms with Crippen molar-refractivity contribution in [3.8, 4) is 5.75 Å². The maximum absolute atomic E-state index is 11.0. The molecule has 0 bridgehead atoms. The van der Waals surface area contributed by atoms with Crippen molar-refractivity contribution in [2.45, 2.75) is 19.3 Å². The molecule has 2 N–H and O–H groups in total. The number of carboxylic acids is 1. The average Bonchev–Trinajstić information content (AvgIpc) is 2.16. The summed E-state index contributed by atoms with van der Waals surface area (Å²) in [5.74, 6) is -1.39. The third-order valence-electron chi connectivity index (χ3n) is 2.38. The minimum Gasteiger partial charge on any atom is -0.508 e. The van der Waals surface area contributed by atoms with Crippen molar-refractivity contribution in [1.29, 1.82) is 0 Å². The van der Waals surface area contributed by atoms with Crippen molar-refractivity contribution in [3.05, 3.63) is 33.9 Å². The number of carbonyl (C=O) groups is 1. The number of carboxylic acid groups (broad SMARTS) is 1. The van der Waals surface area contributed by atoms with E-state index in [0.717, 1.165) is 18.2 Å². The third-order valence-corrected chi connectivity index (χ3v) is 2.38. The van der Waals surface area contributed by atoms with E-state index in [2.05, 4.69) is 0 Å². The molecule has 0 fully saturated rings. The molecule has 6 nitrogen and oxygen atoms in total. The molecule has 6 heteroatoms. The topological polar surface area (TPSA) is 101 Å². The number of phenolic OH excluding ortho intramolecular Hbond substituents is 1. The van der Waals surface area contributed by atoms with Crippen LogP contribution in [0.3, 0.4) is 0 Å². The fraction of sp³-hybridized carbons (Fsp3) is 0.300. The van der Waals surface area contributed by atoms with Gasteiger partial charge in [-0.3, -0.25) is 14.9 Å². The molecule has 1 aromatic rings. The molecule has 0 saturated heterocycles. The van der Waals surface area contributed by atoms with Crippen LogP contribution in [-0.4, -0.2) is 21.1 Å². The van der Waals surface area contributed by atoms with Gasteiger partial charge in [0, 0.05) is 6.07 Å². The maximum atomic E-state index is 11.0. The van der Waals surface area contributed by atoms with E-state index in [1.54, 1.807) is 0 Å². The van der Waals surface area contributed by atoms with E-state index in [1.165, 1.54) is 13.8 Å². The molecule has 0 radical (unpaired) electrons. The second-order valence-corrected chi connectivity index (χ2v) is 3.89. The van der Waals surface area contributed by atoms with Crippen LogP contribution in [0.25, 0.3) is 0 Å². The molecule has 0 aliphatic heterocycles. The van der Waals surface area contributed by atoms with Gasteiger partial charge in [-0.1, -0.05) is 0 Å². The summed E-state index contributed by atoms with van der Waals surface area (Å²) in [6.45, 7) is 2.69. The summed E-state index contributed by atoms with van der Waals surface area (Å²) < 4.78 is 0. The highest BCUT2D eigenvalue weighted by Gasteiger charge is 2.36. The SMILES string of the molecule is CC(C)(C(=O)O)c1cc(O)ccc1[N+](=O)[O-]. The van der Waals surface area contributed by atoms with Gasteiger partial charge in [0.05, 0.1) is 15.9 Å². The van der Waals surface area contributed by atoms with Gasteiger partial charge < -0.3 is 10.2 Å². The average molecular weight is 225 g/mol. The van der Waals surface area contributed by atoms with Crippen LogP contribution < -0.4 is 0 Å².